The highest BCUT2D eigenvalue weighted by Crippen LogP contribution is 2.34. The number of aliphatic imine (C=N–C) groups is 2. The van der Waals surface area contributed by atoms with Crippen LogP contribution in [0.5, 0.6) is 17.2 Å². The smallest absolute Gasteiger partial charge is 0.294 e. The average molecular weight is 936 g/mol. The van der Waals surface area contributed by atoms with Crippen molar-refractivity contribution >= 4 is 85.0 Å². The van der Waals surface area contributed by atoms with Crippen molar-refractivity contribution in [2.45, 2.75) is 60.5 Å². The first-order valence-corrected chi connectivity index (χ1v) is 21.8. The van der Waals surface area contributed by atoms with Gasteiger partial charge in [0.05, 0.1) is 29.0 Å². The number of hydrazine groups is 2. The number of phenols is 3. The van der Waals surface area contributed by atoms with Crippen LogP contribution in [0.15, 0.2) is 57.2 Å². The van der Waals surface area contributed by atoms with Gasteiger partial charge in [0.15, 0.2) is 23.1 Å². The molecule has 6 heterocycles. The largest absolute Gasteiger partial charge is 0.508 e. The first-order valence-electron chi connectivity index (χ1n) is 19.9. The molecule has 1 aromatic heterocycles. The highest BCUT2D eigenvalue weighted by Gasteiger charge is 2.43. The number of benzene rings is 3. The van der Waals surface area contributed by atoms with Crippen molar-refractivity contribution < 1.29 is 37.9 Å². The highest BCUT2D eigenvalue weighted by molar-refractivity contribution is 7.85. The minimum atomic E-state index is -3.67. The Morgan fingerprint density at radius 1 is 0.591 bits per heavy atom. The predicted molar refractivity (Wildman–Crippen MR) is 254 cm³/mol. The predicted octanol–water partition coefficient (Wildman–Crippen LogP) is 2.23. The molecule has 5 aliphatic rings. The molecule has 25 heteroatoms. The third kappa shape index (κ3) is 11.5. The first kappa shape index (κ1) is 50.8. The van der Waals surface area contributed by atoms with E-state index >= 15 is 0 Å². The van der Waals surface area contributed by atoms with Crippen LogP contribution in [0.3, 0.4) is 0 Å². The molecule has 0 aliphatic carbocycles. The number of anilines is 5. The topological polar surface area (TPSA) is 392 Å². The molecule has 3 aromatic carbocycles. The number of fused-ring (bicyclic) bond motifs is 3. The van der Waals surface area contributed by atoms with Gasteiger partial charge in [0.2, 0.25) is 0 Å². The van der Waals surface area contributed by atoms with Crippen LogP contribution in [0.1, 0.15) is 43.4 Å². The van der Waals surface area contributed by atoms with E-state index in [1.807, 2.05) is 6.92 Å². The van der Waals surface area contributed by atoms with Gasteiger partial charge < -0.3 is 44.0 Å². The van der Waals surface area contributed by atoms with Crippen molar-refractivity contribution in [1.29, 1.82) is 10.8 Å². The Morgan fingerprint density at radius 3 is 1.33 bits per heavy atom. The maximum absolute atomic E-state index is 12.2. The van der Waals surface area contributed by atoms with Crippen LogP contribution < -0.4 is 34.2 Å². The summed E-state index contributed by atoms with van der Waals surface area (Å²) < 4.78 is 29.2. The van der Waals surface area contributed by atoms with Crippen LogP contribution in [0.4, 0.5) is 39.9 Å². The molecular formula is C41H57N15O9S. The van der Waals surface area contributed by atoms with Crippen molar-refractivity contribution in [3.63, 3.8) is 0 Å². The number of hydrogen-bond donors (Lipinski definition) is 11. The van der Waals surface area contributed by atoms with Crippen molar-refractivity contribution in [2.24, 2.45) is 9.98 Å². The van der Waals surface area contributed by atoms with E-state index in [1.165, 1.54) is 40.3 Å². The zero-order valence-corrected chi connectivity index (χ0v) is 36.9. The van der Waals surface area contributed by atoms with E-state index in [0.29, 0.717) is 66.4 Å². The molecule has 5 aliphatic heterocycles. The second-order valence-corrected chi connectivity index (χ2v) is 16.8. The number of rotatable bonds is 2. The van der Waals surface area contributed by atoms with E-state index in [1.54, 1.807) is 45.4 Å². The van der Waals surface area contributed by atoms with Gasteiger partial charge in [-0.05, 0) is 81.0 Å². The minimum Gasteiger partial charge on any atom is -0.508 e. The lowest BCUT2D eigenvalue weighted by Gasteiger charge is -2.17. The molecule has 66 heavy (non-hydrogen) atoms. The van der Waals surface area contributed by atoms with Crippen LogP contribution in [0, 0.1) is 31.6 Å². The van der Waals surface area contributed by atoms with Crippen LogP contribution in [0.2, 0.25) is 0 Å². The molecule has 0 unspecified atom stereocenters. The highest BCUT2D eigenvalue weighted by atomic mass is 32.2. The number of nitrogens with two attached hydrogens (primary N) is 5. The lowest BCUT2D eigenvalue weighted by molar-refractivity contribution is -0.129. The molecular weight excluding hydrogens is 879 g/mol. The quantitative estimate of drug-likeness (QED) is 0.101. The molecule has 4 saturated heterocycles. The normalized spacial score (nSPS) is 16.9. The molecule has 0 spiro atoms. The molecule has 0 bridgehead atoms. The van der Waals surface area contributed by atoms with Gasteiger partial charge in [0.1, 0.15) is 28.8 Å². The van der Waals surface area contributed by atoms with Gasteiger partial charge in [-0.25, -0.2) is 24.7 Å². The number of nitrogens with one attached hydrogen (secondary N) is 2. The molecule has 9 rings (SSSR count). The van der Waals surface area contributed by atoms with Gasteiger partial charge in [-0.1, -0.05) is 7.43 Å². The summed E-state index contributed by atoms with van der Waals surface area (Å²) in [7, 11) is -3.67. The number of amidine groups is 2. The van der Waals surface area contributed by atoms with E-state index in [2.05, 4.69) is 9.98 Å². The molecule has 24 nitrogen and oxygen atoms in total. The molecule has 2 amide bonds. The van der Waals surface area contributed by atoms with Crippen LogP contribution in [-0.4, -0.2) is 125 Å². The van der Waals surface area contributed by atoms with Gasteiger partial charge in [-0.2, -0.15) is 8.42 Å². The summed E-state index contributed by atoms with van der Waals surface area (Å²) in [6, 6.07) is 10.8. The summed E-state index contributed by atoms with van der Waals surface area (Å²) in [5.74, 6) is 0.444. The van der Waals surface area contributed by atoms with Gasteiger partial charge in [0, 0.05) is 63.2 Å². The van der Waals surface area contributed by atoms with Gasteiger partial charge >= 0.3 is 0 Å². The third-order valence-corrected chi connectivity index (χ3v) is 10.1. The molecule has 0 radical (unpaired) electrons. The summed E-state index contributed by atoms with van der Waals surface area (Å²) in [6.07, 6.45) is 3.41. The maximum Gasteiger partial charge on any atom is 0.294 e. The van der Waals surface area contributed by atoms with E-state index in [-0.39, 0.29) is 82.2 Å². The number of amides is 2. The Balaban J connectivity index is 0.000000193. The SMILES string of the molecule is C.CS(=O)(=O)O.Cc1cc(N)cc(O)c1.Cc1cc(O)cc(N)c1N=C1C(=N)N2CCCN2C1=O.Cc1cc(O)cc(N)c1N=C1C(=N)N2CCCN2C1=O.Nc1c(N)n2n(c1=O)CCC2. The van der Waals surface area contributed by atoms with E-state index in [9.17, 15) is 33.0 Å². The molecule has 356 valence electrons. The van der Waals surface area contributed by atoms with Gasteiger partial charge in [-0.15, -0.1) is 0 Å². The first-order chi connectivity index (χ1) is 30.4. The molecule has 16 N–H and O–H groups in total. The maximum atomic E-state index is 12.2. The molecule has 0 atom stereocenters. The minimum absolute atomic E-state index is 0. The summed E-state index contributed by atoms with van der Waals surface area (Å²) >= 11 is 0. The Labute approximate surface area is 380 Å². The zero-order chi connectivity index (χ0) is 48.2. The lowest BCUT2D eigenvalue weighted by atomic mass is 10.1. The number of aromatic nitrogens is 2. The average Bonchev–Trinajstić information content (AvgIpc) is 4.05. The molecule has 4 fully saturated rings. The standard InChI is InChI=1S/2C13H15N5O2.C7H9NO.C6H10N4O.CH4O3S.CH4/c2*1-7-5-8(19)6-9(14)10(7)16-11-12(15)17-3-2-4-18(17)13(11)20;1-5-2-6(8)4-7(9)3-5;7-4-5(8)9-2-1-3-10(9)6(4)11;1-5(2,3)4;/h2*5-6,15,19H,2-4,14H2,1H3;2-4,9H,8H2,1H3;1-3,7-8H2;1H3,(H,2,3,4);1H4. The molecule has 0 saturated carbocycles. The van der Waals surface area contributed by atoms with Crippen LogP contribution >= 0.6 is 0 Å². The summed E-state index contributed by atoms with van der Waals surface area (Å²) in [5, 5.41) is 50.2. The fraction of sp³-hybridized carbons (Fsp3) is 0.341. The van der Waals surface area contributed by atoms with E-state index in [4.69, 9.17) is 49.1 Å². The Morgan fingerprint density at radius 2 is 0.970 bits per heavy atom. The summed E-state index contributed by atoms with van der Waals surface area (Å²) in [6.45, 7) is 9.48. The van der Waals surface area contributed by atoms with E-state index < -0.39 is 10.1 Å². The Bertz CT molecular complexity index is 2530. The second kappa shape index (κ2) is 20.4. The number of aryl methyl sites for hydroxylation is 3. The van der Waals surface area contributed by atoms with Crippen molar-refractivity contribution in [3.05, 3.63) is 69.5 Å². The van der Waals surface area contributed by atoms with Crippen LogP contribution in [-0.2, 0) is 32.8 Å². The zero-order valence-electron chi connectivity index (χ0n) is 36.1. The monoisotopic (exact) mass is 935 g/mol. The lowest BCUT2D eigenvalue weighted by Crippen LogP contribution is -2.33. The van der Waals surface area contributed by atoms with Crippen molar-refractivity contribution in [1.82, 2.24) is 29.4 Å². The number of nitrogens with zero attached hydrogens (tertiary/aromatic N) is 8. The van der Waals surface area contributed by atoms with Gasteiger partial charge in [-0.3, -0.25) is 44.5 Å². The summed E-state index contributed by atoms with van der Waals surface area (Å²) in [4.78, 5) is 44.2. The number of hydrogen-bond acceptors (Lipinski definition) is 17. The molecule has 4 aromatic rings. The second-order valence-electron chi connectivity index (χ2n) is 15.4. The fourth-order valence-electron chi connectivity index (χ4n) is 7.36. The van der Waals surface area contributed by atoms with Gasteiger partial charge in [0.25, 0.3) is 27.5 Å². The Kier molecular flexibility index (Phi) is 15.7. The van der Waals surface area contributed by atoms with Crippen molar-refractivity contribution in [2.75, 3.05) is 61.1 Å². The fourth-order valence-corrected chi connectivity index (χ4v) is 7.36. The summed E-state index contributed by atoms with van der Waals surface area (Å²) in [5.41, 5.74) is 32.7. The number of nitrogen functional groups attached to an aromatic ring is 5. The number of aromatic hydroxyl groups is 3. The number of phenolic OH excluding ortho intramolecular Hbond substituents is 3. The van der Waals surface area contributed by atoms with E-state index in [0.717, 1.165) is 37.9 Å². The third-order valence-electron chi connectivity index (χ3n) is 10.1. The Hall–Kier alpha value is -7.80. The number of carbonyl (C=O) groups is 2. The van der Waals surface area contributed by atoms with Crippen LogP contribution in [0.25, 0.3) is 0 Å². The number of carbonyl (C=O) groups excluding carboxylic acids is 2. The van der Waals surface area contributed by atoms with Crippen molar-refractivity contribution in [3.8, 4) is 17.2 Å².